The number of para-hydroxylation sites is 1. The van der Waals surface area contributed by atoms with Crippen LogP contribution >= 0.6 is 0 Å². The molecule has 664 valence electrons. The normalized spacial score (nSPS) is 22.8. The molecule has 2 aromatic rings. The van der Waals surface area contributed by atoms with Crippen LogP contribution in [-0.2, 0) is 92.7 Å². The summed E-state index contributed by atoms with van der Waals surface area (Å²) in [5.74, 6) is -26.9. The average Bonchev–Trinajstić information content (AvgIpc) is 1.70. The van der Waals surface area contributed by atoms with Gasteiger partial charge >= 0.3 is 17.9 Å². The number of hydrogen-bond acceptors (Lipinski definition) is 25. The van der Waals surface area contributed by atoms with Gasteiger partial charge in [-0.05, 0) is 113 Å². The number of nitrogens with two attached hydrogens (primary N) is 2. The van der Waals surface area contributed by atoms with Crippen LogP contribution in [0, 0.1) is 17.8 Å². The molecule has 2 aromatic carbocycles. The maximum Gasteiger partial charge on any atom is 0.335 e. The molecule has 17 atom stereocenters. The number of rotatable bonds is 33. The molecular formula is C78H111N17O26. The highest BCUT2D eigenvalue weighted by Gasteiger charge is 2.47. The Bertz CT molecular complexity index is 4180. The molecular weight excluding hydrogens is 1590 g/mol. The van der Waals surface area contributed by atoms with Gasteiger partial charge in [0.1, 0.15) is 78.3 Å². The van der Waals surface area contributed by atoms with Gasteiger partial charge in [-0.1, -0.05) is 90.5 Å². The Balaban J connectivity index is 1.60. The fourth-order valence-corrected chi connectivity index (χ4v) is 13.1. The molecule has 0 bridgehead atoms. The molecule has 3 aliphatic rings. The molecule has 3 heterocycles. The van der Waals surface area contributed by atoms with Crippen molar-refractivity contribution in [3.63, 3.8) is 0 Å². The van der Waals surface area contributed by atoms with Gasteiger partial charge in [-0.3, -0.25) is 81.5 Å². The van der Waals surface area contributed by atoms with Crippen LogP contribution in [0.3, 0.4) is 0 Å². The van der Waals surface area contributed by atoms with E-state index in [1.807, 2.05) is 24.5 Å². The Morgan fingerprint density at radius 1 is 0.612 bits per heavy atom. The number of Topliss-reactive ketones (excluding diaryl/α,β-unsaturated/α-hetero) is 1. The van der Waals surface area contributed by atoms with Gasteiger partial charge in [0.05, 0.1) is 31.7 Å². The number of fused-ring (bicyclic) bond motifs is 2. The number of benzene rings is 2. The maximum atomic E-state index is 15.5. The second kappa shape index (κ2) is 47.3. The van der Waals surface area contributed by atoms with E-state index in [1.54, 1.807) is 6.08 Å². The number of aliphatic hydroxyl groups excluding tert-OH is 3. The summed E-state index contributed by atoms with van der Waals surface area (Å²) in [6.45, 7) is 9.41. The molecule has 43 heteroatoms. The second-order valence-electron chi connectivity index (χ2n) is 30.3. The Morgan fingerprint density at radius 3 is 1.77 bits per heavy atom. The lowest BCUT2D eigenvalue weighted by molar-refractivity contribution is -0.155. The van der Waals surface area contributed by atoms with Crippen LogP contribution in [0.15, 0.2) is 72.8 Å². The van der Waals surface area contributed by atoms with Crippen LogP contribution in [-0.4, -0.2) is 287 Å². The number of nitrogen functional groups attached to an aromatic ring is 1. The third-order valence-electron chi connectivity index (χ3n) is 20.2. The van der Waals surface area contributed by atoms with Gasteiger partial charge in [-0.15, -0.1) is 0 Å². The largest absolute Gasteiger partial charge is 0.508 e. The van der Waals surface area contributed by atoms with E-state index in [1.165, 1.54) is 95.3 Å². The minimum atomic E-state index is -2.82. The molecule has 0 spiro atoms. The number of carbonyl (C=O) groups is 19. The van der Waals surface area contributed by atoms with E-state index in [4.69, 9.17) is 11.5 Å². The van der Waals surface area contributed by atoms with Gasteiger partial charge in [0.25, 0.3) is 0 Å². The summed E-state index contributed by atoms with van der Waals surface area (Å²) in [6.07, 6.45) is -3.41. The predicted octanol–water partition coefficient (Wildman–Crippen LogP) is -6.28. The summed E-state index contributed by atoms with van der Waals surface area (Å²) in [7, 11) is 0. The summed E-state index contributed by atoms with van der Waals surface area (Å²) in [5, 5.41) is 102. The molecule has 43 nitrogen and oxygen atoms in total. The number of ketones is 1. The van der Waals surface area contributed by atoms with Crippen LogP contribution in [0.25, 0.3) is 0 Å². The number of aliphatic hydroxyl groups is 3. The van der Waals surface area contributed by atoms with Gasteiger partial charge < -0.3 is 126 Å². The van der Waals surface area contributed by atoms with Crippen LogP contribution < -0.4 is 80.6 Å². The van der Waals surface area contributed by atoms with E-state index in [9.17, 15) is 112 Å². The van der Waals surface area contributed by atoms with Gasteiger partial charge in [0.15, 0.2) is 18.0 Å². The Hall–Kier alpha value is -12.5. The first-order chi connectivity index (χ1) is 57.0. The van der Waals surface area contributed by atoms with E-state index >= 15 is 14.4 Å². The first-order valence-corrected chi connectivity index (χ1v) is 39.4. The number of carboxylic acid groups (broad SMARTS) is 3. The summed E-state index contributed by atoms with van der Waals surface area (Å²) in [6, 6.07) is -14.3. The molecule has 5 rings (SSSR count). The van der Waals surface area contributed by atoms with Crippen LogP contribution in [0.5, 0.6) is 5.75 Å². The van der Waals surface area contributed by atoms with E-state index in [-0.39, 0.29) is 74.3 Å². The zero-order valence-electron chi connectivity index (χ0n) is 68.1. The number of phenolic OH excluding ortho intramolecular Hbond substituents is 1. The third-order valence-corrected chi connectivity index (χ3v) is 20.2. The predicted molar refractivity (Wildman–Crippen MR) is 426 cm³/mol. The highest BCUT2D eigenvalue weighted by atomic mass is 16.4. The monoisotopic (exact) mass is 1700 g/mol. The molecule has 3 aliphatic heterocycles. The summed E-state index contributed by atoms with van der Waals surface area (Å²) < 4.78 is 0. The number of anilines is 1. The summed E-state index contributed by atoms with van der Waals surface area (Å²) >= 11 is 0. The number of nitrogens with one attached hydrogen (secondary N) is 13. The fourth-order valence-electron chi connectivity index (χ4n) is 13.1. The van der Waals surface area contributed by atoms with Crippen LogP contribution in [0.2, 0.25) is 0 Å². The van der Waals surface area contributed by atoms with Crippen molar-refractivity contribution in [3.05, 3.63) is 84.0 Å². The standard InChI is InChI=1S/C78H111N17O26/c1-9-39(6)18-11-10-12-24-53(99)88-61(63(104)77(118)119)71(112)82-35-54(100)84-49(34-56(102)103)66(107)85-46(21-15-29-79)65(106)86-47(32-42-25-27-43(97)28-26-42)67(108)92-59-40(7)83-70(111)51-23-17-31-95(51)75(116)58(38(4)5)91-74(115)60(41(8)96)89-55(101)36-81-69(110)50-22-16-30-94(50)76(117)62(64(105)78(120)121)93-68(109)48(33-52(98)44-19-13-14-20-45(44)80)87-72(113)57(37(2)3)90-73(59)114/h10-14,19-20,24-28,37-41,46-51,57-64,96-97,104-105H,9,15-18,21-23,29-36,79-80H2,1-8H3,(H,81,110)(H,82,112)(H,83,111)(H,84,100)(H,85,107)(H,86,106)(H,87,113)(H,88,99)(H,89,101)(H,90,114)(H,91,115)(H,92,108)(H,93,109)(H,102,103)(H,118,119)(H,120,121)/b11-10+,24-12+/t39?,40?,41-,46+,47+,48+,49+,50+,51+,57+,58+,59+,60+,61+,62+,63?,64?/m1/s1. The molecule has 0 radical (unpaired) electrons. The van der Waals surface area contributed by atoms with E-state index in [2.05, 4.69) is 58.5 Å². The first kappa shape index (κ1) is 99.1. The van der Waals surface area contributed by atoms with Crippen molar-refractivity contribution >= 4 is 118 Å². The van der Waals surface area contributed by atoms with Crippen molar-refractivity contribution in [3.8, 4) is 5.75 Å². The van der Waals surface area contributed by atoms with Crippen molar-refractivity contribution in [2.75, 3.05) is 38.5 Å². The minimum absolute atomic E-state index is 0.0484. The molecule has 24 N–H and O–H groups in total. The van der Waals surface area contributed by atoms with E-state index in [0.29, 0.717) is 12.3 Å². The van der Waals surface area contributed by atoms with Crippen molar-refractivity contribution in [1.82, 2.24) is 78.9 Å². The minimum Gasteiger partial charge on any atom is -0.508 e. The van der Waals surface area contributed by atoms with Crippen molar-refractivity contribution in [2.24, 2.45) is 23.5 Å². The number of carboxylic acids is 3. The summed E-state index contributed by atoms with van der Waals surface area (Å²) in [5.41, 5.74) is 11.8. The zero-order chi connectivity index (χ0) is 90.4. The third kappa shape index (κ3) is 29.8. The number of nitrogens with zero attached hydrogens (tertiary/aromatic N) is 2. The highest BCUT2D eigenvalue weighted by Crippen LogP contribution is 2.24. The number of aliphatic carboxylic acids is 3. The van der Waals surface area contributed by atoms with Crippen LogP contribution in [0.4, 0.5) is 5.69 Å². The quantitative estimate of drug-likeness (QED) is 0.0137. The van der Waals surface area contributed by atoms with Gasteiger partial charge in [-0.2, -0.15) is 0 Å². The van der Waals surface area contributed by atoms with Crippen molar-refractivity contribution < 1.29 is 127 Å². The fraction of sp³-hybridized carbons (Fsp3) is 0.551. The first-order valence-electron chi connectivity index (χ1n) is 39.4. The lowest BCUT2D eigenvalue weighted by atomic mass is 9.98. The van der Waals surface area contributed by atoms with Crippen molar-refractivity contribution in [1.29, 1.82) is 0 Å². The average molecular weight is 1700 g/mol. The lowest BCUT2D eigenvalue weighted by Gasteiger charge is -2.34. The molecule has 4 unspecified atom stereocenters. The number of carbonyl (C=O) groups excluding carboxylic acids is 16. The smallest absolute Gasteiger partial charge is 0.335 e. The lowest BCUT2D eigenvalue weighted by Crippen LogP contribution is -2.65. The van der Waals surface area contributed by atoms with E-state index in [0.717, 1.165) is 29.2 Å². The van der Waals surface area contributed by atoms with E-state index < -0.39 is 260 Å². The maximum absolute atomic E-state index is 15.5. The molecule has 0 aromatic heterocycles. The summed E-state index contributed by atoms with van der Waals surface area (Å²) in [4.78, 5) is 268. The topological polar surface area (TPSA) is 681 Å². The molecule has 121 heavy (non-hydrogen) atoms. The number of aromatic hydroxyl groups is 1. The van der Waals surface area contributed by atoms with Crippen molar-refractivity contribution in [2.45, 2.75) is 223 Å². The Labute approximate surface area is 695 Å². The molecule has 0 saturated carbocycles. The Morgan fingerprint density at radius 2 is 1.19 bits per heavy atom. The van der Waals surface area contributed by atoms with Gasteiger partial charge in [0, 0.05) is 43.3 Å². The van der Waals surface area contributed by atoms with Crippen LogP contribution in [0.1, 0.15) is 136 Å². The number of phenols is 1. The molecule has 15 amide bonds. The number of allylic oxidation sites excluding steroid dienone is 3. The number of amides is 15. The molecule has 3 saturated heterocycles. The van der Waals surface area contributed by atoms with Gasteiger partial charge in [-0.25, -0.2) is 9.59 Å². The molecule has 0 aliphatic carbocycles. The molecule has 3 fully saturated rings. The highest BCUT2D eigenvalue weighted by molar-refractivity contribution is 6.06. The van der Waals surface area contributed by atoms with Gasteiger partial charge in [0.2, 0.25) is 88.6 Å². The Kier molecular flexibility index (Phi) is 38.7. The number of hydrogen-bond donors (Lipinski definition) is 22. The second-order valence-corrected chi connectivity index (χ2v) is 30.3. The zero-order valence-corrected chi connectivity index (χ0v) is 68.1. The SMILES string of the molecule is CCC(C)C/C=C/C=C/C(=O)N[C@H](C(=O)NCC(=O)N[C@@H](CC(=O)O)C(=O)N[C@@H](CCCN)C(=O)N[C@@H](Cc1ccc(O)cc1)C(=O)N[C@@H]1C(=O)N[C@@H](C(C)C)C(=O)N[C@@H](CC(=O)c2ccccc2N)C(=O)N[C@@H](C(O)C(=O)O)C(=O)N2CCC[C@H]2C(=O)NCC(=O)N[C@@H]([C@@H](C)O)C(=O)N[C@@H](C(C)C)C(=O)N2CCC[C@H]2C(=O)NC1C)C(O)C(=O)O.